The Labute approximate surface area is 233 Å². The van der Waals surface area contributed by atoms with Crippen molar-refractivity contribution in [3.8, 4) is 11.5 Å². The molecular formula is C29H37FN2O8. The number of nitrogens with one attached hydrogen (secondary N) is 2. The van der Waals surface area contributed by atoms with E-state index in [0.29, 0.717) is 74.9 Å². The summed E-state index contributed by atoms with van der Waals surface area (Å²) in [6.45, 7) is 2.64. The van der Waals surface area contributed by atoms with Crippen LogP contribution in [0.5, 0.6) is 11.5 Å². The highest BCUT2D eigenvalue weighted by atomic mass is 19.1. The maximum absolute atomic E-state index is 14.9. The van der Waals surface area contributed by atoms with E-state index in [4.69, 9.17) is 23.7 Å². The highest BCUT2D eigenvalue weighted by Crippen LogP contribution is 2.40. The molecule has 1 fully saturated rings. The zero-order valence-corrected chi connectivity index (χ0v) is 22.9. The first-order valence-corrected chi connectivity index (χ1v) is 13.4. The van der Waals surface area contributed by atoms with E-state index in [0.717, 1.165) is 11.1 Å². The standard InChI is InChI=1S/C29H37FN2O8/c1-36-11-12-38-10-7-31-29(35)20-4-3-18(14-23(20)30)13-19-15-22(28(37-2)21-5-9-40-27(19)21)25(33)16-32-24-6-8-39-17-26(24)34/h3-4,14-15,24,26,32,34H,5-13,16-17H2,1-2H3,(H,31,35)/t24-,26-/m0/s1. The summed E-state index contributed by atoms with van der Waals surface area (Å²) in [6.07, 6.45) is 0.810. The van der Waals surface area contributed by atoms with Crippen LogP contribution in [0.25, 0.3) is 0 Å². The van der Waals surface area contributed by atoms with E-state index >= 15 is 0 Å². The number of aliphatic hydroxyl groups is 1. The summed E-state index contributed by atoms with van der Waals surface area (Å²) in [4.78, 5) is 25.7. The highest BCUT2D eigenvalue weighted by molar-refractivity contribution is 6.01. The third kappa shape index (κ3) is 7.35. The minimum atomic E-state index is -0.679. The van der Waals surface area contributed by atoms with E-state index in [1.807, 2.05) is 0 Å². The number of hydrogen-bond acceptors (Lipinski definition) is 9. The van der Waals surface area contributed by atoms with Crippen molar-refractivity contribution in [2.75, 3.05) is 67.0 Å². The fourth-order valence-electron chi connectivity index (χ4n) is 4.93. The average molecular weight is 561 g/mol. The van der Waals surface area contributed by atoms with Crippen molar-refractivity contribution in [1.82, 2.24) is 10.6 Å². The van der Waals surface area contributed by atoms with Gasteiger partial charge in [0, 0.05) is 44.7 Å². The van der Waals surface area contributed by atoms with Gasteiger partial charge in [0.25, 0.3) is 5.91 Å². The molecule has 2 aromatic carbocycles. The van der Waals surface area contributed by atoms with E-state index < -0.39 is 17.8 Å². The van der Waals surface area contributed by atoms with Gasteiger partial charge in [-0.25, -0.2) is 4.39 Å². The molecule has 1 amide bonds. The number of rotatable bonds is 14. The van der Waals surface area contributed by atoms with Crippen molar-refractivity contribution in [2.24, 2.45) is 0 Å². The van der Waals surface area contributed by atoms with Crippen LogP contribution in [0.3, 0.4) is 0 Å². The summed E-state index contributed by atoms with van der Waals surface area (Å²) in [5, 5.41) is 15.9. The lowest BCUT2D eigenvalue weighted by Gasteiger charge is -2.28. The first-order valence-electron chi connectivity index (χ1n) is 13.4. The molecule has 0 spiro atoms. The van der Waals surface area contributed by atoms with Gasteiger partial charge >= 0.3 is 0 Å². The molecule has 0 aromatic heterocycles. The average Bonchev–Trinajstić information content (AvgIpc) is 3.44. The first-order chi connectivity index (χ1) is 19.4. The van der Waals surface area contributed by atoms with E-state index in [9.17, 15) is 19.1 Å². The second-order valence-electron chi connectivity index (χ2n) is 9.72. The molecule has 2 aromatic rings. The third-order valence-electron chi connectivity index (χ3n) is 6.99. The van der Waals surface area contributed by atoms with Gasteiger partial charge in [0.2, 0.25) is 0 Å². The second kappa shape index (κ2) is 14.5. The summed E-state index contributed by atoms with van der Waals surface area (Å²) in [5.41, 5.74) is 2.50. The molecule has 0 saturated carbocycles. The summed E-state index contributed by atoms with van der Waals surface area (Å²) in [5.74, 6) is -0.243. The molecule has 2 heterocycles. The number of benzene rings is 2. The maximum Gasteiger partial charge on any atom is 0.254 e. The van der Waals surface area contributed by atoms with Crippen molar-refractivity contribution in [3.05, 3.63) is 57.9 Å². The van der Waals surface area contributed by atoms with Crippen molar-refractivity contribution < 1.29 is 42.8 Å². The minimum absolute atomic E-state index is 0.0209. The number of fused-ring (bicyclic) bond motifs is 1. The number of ketones is 1. The molecule has 0 aliphatic carbocycles. The van der Waals surface area contributed by atoms with E-state index in [1.54, 1.807) is 19.2 Å². The number of Topliss-reactive ketones (excluding diaryl/α,β-unsaturated/α-hetero) is 1. The molecule has 0 radical (unpaired) electrons. The molecule has 40 heavy (non-hydrogen) atoms. The van der Waals surface area contributed by atoms with Gasteiger partial charge in [-0.2, -0.15) is 0 Å². The highest BCUT2D eigenvalue weighted by Gasteiger charge is 2.29. The molecule has 4 rings (SSSR count). The lowest BCUT2D eigenvalue weighted by atomic mass is 9.94. The second-order valence-corrected chi connectivity index (χ2v) is 9.72. The van der Waals surface area contributed by atoms with Crippen molar-refractivity contribution in [1.29, 1.82) is 0 Å². The number of carbonyl (C=O) groups excluding carboxylic acids is 2. The fourth-order valence-corrected chi connectivity index (χ4v) is 4.93. The number of halogens is 1. The molecule has 2 aliphatic heterocycles. The number of methoxy groups -OCH3 is 2. The largest absolute Gasteiger partial charge is 0.496 e. The molecule has 2 aliphatic rings. The Kier molecular flexibility index (Phi) is 10.8. The Morgan fingerprint density at radius 3 is 2.73 bits per heavy atom. The molecule has 3 N–H and O–H groups in total. The van der Waals surface area contributed by atoms with Gasteiger partial charge < -0.3 is 39.4 Å². The summed E-state index contributed by atoms with van der Waals surface area (Å²) >= 11 is 0. The zero-order valence-electron chi connectivity index (χ0n) is 22.9. The summed E-state index contributed by atoms with van der Waals surface area (Å²) in [6, 6.07) is 5.96. The van der Waals surface area contributed by atoms with E-state index in [-0.39, 0.29) is 37.1 Å². The number of amides is 1. The minimum Gasteiger partial charge on any atom is -0.496 e. The SMILES string of the molecule is COCCOCCNC(=O)c1ccc(Cc2cc(C(=O)CN[C@H]3CCOC[C@@H]3O)c(OC)c3c2OCC3)cc1F. The zero-order chi connectivity index (χ0) is 28.5. The van der Waals surface area contributed by atoms with Crippen LogP contribution in [0, 0.1) is 5.82 Å². The number of aliphatic hydroxyl groups excluding tert-OH is 1. The maximum atomic E-state index is 14.9. The molecule has 2 atom stereocenters. The smallest absolute Gasteiger partial charge is 0.254 e. The molecule has 11 heteroatoms. The number of hydrogen-bond donors (Lipinski definition) is 3. The van der Waals surface area contributed by atoms with Crippen LogP contribution < -0.4 is 20.1 Å². The molecule has 218 valence electrons. The van der Waals surface area contributed by atoms with E-state index in [2.05, 4.69) is 10.6 Å². The fraction of sp³-hybridized carbons (Fsp3) is 0.517. The van der Waals surface area contributed by atoms with Gasteiger partial charge in [0.15, 0.2) is 5.78 Å². The Balaban J connectivity index is 1.46. The van der Waals surface area contributed by atoms with Crippen molar-refractivity contribution in [2.45, 2.75) is 31.4 Å². The molecule has 1 saturated heterocycles. The number of carbonyl (C=O) groups is 2. The van der Waals surface area contributed by atoms with Gasteiger partial charge in [-0.05, 0) is 35.7 Å². The van der Waals surface area contributed by atoms with Crippen LogP contribution in [0.2, 0.25) is 0 Å². The Morgan fingerprint density at radius 2 is 1.98 bits per heavy atom. The molecule has 0 bridgehead atoms. The van der Waals surface area contributed by atoms with Crippen LogP contribution >= 0.6 is 0 Å². The number of ether oxygens (including phenoxy) is 5. The monoisotopic (exact) mass is 560 g/mol. The Bertz CT molecular complexity index is 1190. The van der Waals surface area contributed by atoms with Gasteiger partial charge in [-0.3, -0.25) is 9.59 Å². The lowest BCUT2D eigenvalue weighted by Crippen LogP contribution is -2.47. The summed E-state index contributed by atoms with van der Waals surface area (Å²) < 4.78 is 41.9. The Hall–Kier alpha value is -3.09. The van der Waals surface area contributed by atoms with Gasteiger partial charge in [0.05, 0.1) is 63.9 Å². The van der Waals surface area contributed by atoms with Crippen molar-refractivity contribution >= 4 is 11.7 Å². The molecular weight excluding hydrogens is 523 g/mol. The van der Waals surface area contributed by atoms with Gasteiger partial charge in [-0.1, -0.05) is 6.07 Å². The van der Waals surface area contributed by atoms with Crippen LogP contribution in [0.1, 0.15) is 43.8 Å². The van der Waals surface area contributed by atoms with Gasteiger partial charge in [0.1, 0.15) is 17.3 Å². The van der Waals surface area contributed by atoms with Crippen LogP contribution in [-0.4, -0.2) is 95.9 Å². The lowest BCUT2D eigenvalue weighted by molar-refractivity contribution is -0.0270. The molecule has 0 unspecified atom stereocenters. The van der Waals surface area contributed by atoms with Crippen LogP contribution in [0.15, 0.2) is 24.3 Å². The summed E-state index contributed by atoms with van der Waals surface area (Å²) in [7, 11) is 3.09. The predicted octanol–water partition coefficient (Wildman–Crippen LogP) is 1.67. The normalized spacial score (nSPS) is 18.2. The van der Waals surface area contributed by atoms with E-state index in [1.165, 1.54) is 19.2 Å². The molecule has 10 nitrogen and oxygen atoms in total. The quantitative estimate of drug-likeness (QED) is 0.234. The van der Waals surface area contributed by atoms with Crippen molar-refractivity contribution in [3.63, 3.8) is 0 Å². The van der Waals surface area contributed by atoms with Crippen LogP contribution in [-0.2, 0) is 27.1 Å². The predicted molar refractivity (Wildman–Crippen MR) is 144 cm³/mol. The third-order valence-corrected chi connectivity index (χ3v) is 6.99. The van der Waals surface area contributed by atoms with Crippen LogP contribution in [0.4, 0.5) is 4.39 Å². The topological polar surface area (TPSA) is 125 Å². The Morgan fingerprint density at radius 1 is 1.12 bits per heavy atom. The van der Waals surface area contributed by atoms with Gasteiger partial charge in [-0.15, -0.1) is 0 Å². The first kappa shape index (κ1) is 29.9.